The molecule has 0 aromatic carbocycles. The Bertz CT molecular complexity index is 348. The number of hydrogen-bond acceptors (Lipinski definition) is 2. The number of piperazine rings is 1. The van der Waals surface area contributed by atoms with Gasteiger partial charge in [0.2, 0.25) is 11.8 Å². The van der Waals surface area contributed by atoms with Gasteiger partial charge in [-0.1, -0.05) is 47.5 Å². The zero-order valence-corrected chi connectivity index (χ0v) is 13.7. The number of rotatable bonds is 7. The Morgan fingerprint density at radius 2 is 1.75 bits per heavy atom. The van der Waals surface area contributed by atoms with E-state index in [1.54, 1.807) is 0 Å². The molecule has 0 aromatic heterocycles. The molecule has 0 aromatic rings. The molecule has 20 heavy (non-hydrogen) atoms. The lowest BCUT2D eigenvalue weighted by Crippen LogP contribution is -2.71. The van der Waals surface area contributed by atoms with Crippen molar-refractivity contribution >= 4 is 11.8 Å². The van der Waals surface area contributed by atoms with Crippen LogP contribution in [0.15, 0.2) is 0 Å². The van der Waals surface area contributed by atoms with Crippen LogP contribution in [0, 0.1) is 5.92 Å². The molecule has 0 aliphatic carbocycles. The molecule has 4 heteroatoms. The molecule has 1 rings (SSSR count). The molecule has 0 bridgehead atoms. The van der Waals surface area contributed by atoms with E-state index in [0.29, 0.717) is 19.4 Å². The van der Waals surface area contributed by atoms with E-state index in [1.165, 1.54) is 0 Å². The highest BCUT2D eigenvalue weighted by molar-refractivity contribution is 5.99. The van der Waals surface area contributed by atoms with Crippen molar-refractivity contribution in [2.24, 2.45) is 5.92 Å². The van der Waals surface area contributed by atoms with Crippen molar-refractivity contribution < 1.29 is 9.59 Å². The Morgan fingerprint density at radius 1 is 1.15 bits per heavy atom. The third kappa shape index (κ3) is 3.15. The molecular formula is C16H30N2O2. The second-order valence-electron chi connectivity index (χ2n) is 6.17. The van der Waals surface area contributed by atoms with Gasteiger partial charge in [-0.2, -0.15) is 0 Å². The van der Waals surface area contributed by atoms with Crippen molar-refractivity contribution in [2.75, 3.05) is 6.54 Å². The lowest BCUT2D eigenvalue weighted by atomic mass is 9.84. The number of nitrogens with zero attached hydrogens (tertiary/aromatic N) is 1. The average molecular weight is 282 g/mol. The summed E-state index contributed by atoms with van der Waals surface area (Å²) in [5.74, 6) is 0.268. The number of carbonyl (C=O) groups excluding carboxylic acids is 2. The van der Waals surface area contributed by atoms with Gasteiger partial charge in [0.15, 0.2) is 0 Å². The Balaban J connectivity index is 3.01. The standard InChI is InChI=1S/C16H30N2O2/c1-6-9-10-11-18-13(12(4)5)14(19)17-16(7-2,8-3)15(18)20/h12-13H,6-11H2,1-5H3,(H,17,19). The Morgan fingerprint density at radius 3 is 2.20 bits per heavy atom. The van der Waals surface area contributed by atoms with E-state index in [1.807, 2.05) is 32.6 Å². The van der Waals surface area contributed by atoms with Crippen molar-refractivity contribution in [1.82, 2.24) is 10.2 Å². The highest BCUT2D eigenvalue weighted by Crippen LogP contribution is 2.28. The molecule has 4 nitrogen and oxygen atoms in total. The van der Waals surface area contributed by atoms with Crippen molar-refractivity contribution in [3.63, 3.8) is 0 Å². The summed E-state index contributed by atoms with van der Waals surface area (Å²) in [7, 11) is 0. The van der Waals surface area contributed by atoms with Gasteiger partial charge in [-0.05, 0) is 25.2 Å². The lowest BCUT2D eigenvalue weighted by molar-refractivity contribution is -0.157. The molecule has 2 amide bonds. The van der Waals surface area contributed by atoms with E-state index >= 15 is 0 Å². The SMILES string of the molecule is CCCCCN1C(=O)C(CC)(CC)NC(=O)C1C(C)C. The molecule has 1 saturated heterocycles. The molecule has 1 aliphatic heterocycles. The van der Waals surface area contributed by atoms with Crippen LogP contribution in [0.2, 0.25) is 0 Å². The van der Waals surface area contributed by atoms with E-state index in [0.717, 1.165) is 19.3 Å². The summed E-state index contributed by atoms with van der Waals surface area (Å²) < 4.78 is 0. The summed E-state index contributed by atoms with van der Waals surface area (Å²) in [6.07, 6.45) is 4.50. The molecule has 0 radical (unpaired) electrons. The summed E-state index contributed by atoms with van der Waals surface area (Å²) in [5.41, 5.74) is -0.686. The van der Waals surface area contributed by atoms with Crippen molar-refractivity contribution in [1.29, 1.82) is 0 Å². The molecule has 0 spiro atoms. The maximum Gasteiger partial charge on any atom is 0.248 e. The first-order chi connectivity index (χ1) is 9.43. The zero-order valence-electron chi connectivity index (χ0n) is 13.7. The number of amides is 2. The van der Waals surface area contributed by atoms with Crippen LogP contribution in [0.3, 0.4) is 0 Å². The first-order valence-electron chi connectivity index (χ1n) is 8.06. The maximum absolute atomic E-state index is 12.9. The monoisotopic (exact) mass is 282 g/mol. The third-order valence-electron chi connectivity index (χ3n) is 4.48. The first-order valence-corrected chi connectivity index (χ1v) is 8.06. The number of unbranched alkanes of at least 4 members (excludes halogenated alkanes) is 2. The fourth-order valence-corrected chi connectivity index (χ4v) is 3.07. The van der Waals surface area contributed by atoms with Crippen LogP contribution in [-0.4, -0.2) is 34.8 Å². The third-order valence-corrected chi connectivity index (χ3v) is 4.48. The molecule has 0 saturated carbocycles. The summed E-state index contributed by atoms with van der Waals surface area (Å²) in [6, 6.07) is -0.314. The normalized spacial score (nSPS) is 22.3. The average Bonchev–Trinajstić information content (AvgIpc) is 2.42. The van der Waals surface area contributed by atoms with Gasteiger partial charge in [0, 0.05) is 6.54 Å². The van der Waals surface area contributed by atoms with Gasteiger partial charge in [0.25, 0.3) is 0 Å². The van der Waals surface area contributed by atoms with E-state index < -0.39 is 5.54 Å². The van der Waals surface area contributed by atoms with Gasteiger partial charge in [-0.15, -0.1) is 0 Å². The molecule has 1 unspecified atom stereocenters. The predicted octanol–water partition coefficient (Wildman–Crippen LogP) is 2.72. The summed E-state index contributed by atoms with van der Waals surface area (Å²) in [5, 5.41) is 3.00. The Hall–Kier alpha value is -1.06. The van der Waals surface area contributed by atoms with Crippen LogP contribution in [0.25, 0.3) is 0 Å². The number of carbonyl (C=O) groups is 2. The Kier molecular flexibility index (Phi) is 6.03. The van der Waals surface area contributed by atoms with Crippen LogP contribution in [0.5, 0.6) is 0 Å². The number of nitrogens with one attached hydrogen (secondary N) is 1. The van der Waals surface area contributed by atoms with Crippen molar-refractivity contribution in [3.05, 3.63) is 0 Å². The minimum absolute atomic E-state index is 0.0137. The van der Waals surface area contributed by atoms with Crippen LogP contribution >= 0.6 is 0 Å². The summed E-state index contributed by atoms with van der Waals surface area (Å²) in [6.45, 7) is 10.8. The second-order valence-corrected chi connectivity index (χ2v) is 6.17. The minimum Gasteiger partial charge on any atom is -0.340 e. The molecule has 1 aliphatic rings. The van der Waals surface area contributed by atoms with Crippen LogP contribution in [0.1, 0.15) is 66.7 Å². The molecular weight excluding hydrogens is 252 g/mol. The summed E-state index contributed by atoms with van der Waals surface area (Å²) >= 11 is 0. The molecule has 1 heterocycles. The quantitative estimate of drug-likeness (QED) is 0.730. The van der Waals surface area contributed by atoms with Crippen LogP contribution < -0.4 is 5.32 Å². The molecule has 1 atom stereocenters. The van der Waals surface area contributed by atoms with Gasteiger partial charge in [-0.25, -0.2) is 0 Å². The fraction of sp³-hybridized carbons (Fsp3) is 0.875. The van der Waals surface area contributed by atoms with Gasteiger partial charge < -0.3 is 10.2 Å². The first kappa shape index (κ1) is 17.0. The van der Waals surface area contributed by atoms with Crippen molar-refractivity contribution in [2.45, 2.75) is 78.3 Å². The van der Waals surface area contributed by atoms with Gasteiger partial charge in [-0.3, -0.25) is 9.59 Å². The second kappa shape index (κ2) is 7.09. The number of hydrogen-bond donors (Lipinski definition) is 1. The fourth-order valence-electron chi connectivity index (χ4n) is 3.07. The van der Waals surface area contributed by atoms with Crippen LogP contribution in [0.4, 0.5) is 0 Å². The van der Waals surface area contributed by atoms with Crippen molar-refractivity contribution in [3.8, 4) is 0 Å². The topological polar surface area (TPSA) is 49.4 Å². The largest absolute Gasteiger partial charge is 0.340 e. The van der Waals surface area contributed by atoms with Gasteiger partial charge in [0.1, 0.15) is 11.6 Å². The van der Waals surface area contributed by atoms with Crippen LogP contribution in [-0.2, 0) is 9.59 Å². The van der Waals surface area contributed by atoms with E-state index in [-0.39, 0.29) is 23.8 Å². The minimum atomic E-state index is -0.686. The van der Waals surface area contributed by atoms with Gasteiger partial charge >= 0.3 is 0 Å². The maximum atomic E-state index is 12.9. The van der Waals surface area contributed by atoms with E-state index in [4.69, 9.17) is 0 Å². The molecule has 116 valence electrons. The predicted molar refractivity (Wildman–Crippen MR) is 81.3 cm³/mol. The smallest absolute Gasteiger partial charge is 0.248 e. The highest BCUT2D eigenvalue weighted by atomic mass is 16.2. The summed E-state index contributed by atoms with van der Waals surface area (Å²) in [4.78, 5) is 27.2. The van der Waals surface area contributed by atoms with E-state index in [2.05, 4.69) is 12.2 Å². The molecule has 1 fully saturated rings. The zero-order chi connectivity index (χ0) is 15.3. The van der Waals surface area contributed by atoms with E-state index in [9.17, 15) is 9.59 Å². The Labute approximate surface area is 123 Å². The van der Waals surface area contributed by atoms with Gasteiger partial charge in [0.05, 0.1) is 0 Å². The lowest BCUT2D eigenvalue weighted by Gasteiger charge is -2.47. The highest BCUT2D eigenvalue weighted by Gasteiger charge is 2.49. The molecule has 1 N–H and O–H groups in total.